The van der Waals surface area contributed by atoms with E-state index in [1.54, 1.807) is 6.92 Å². The van der Waals surface area contributed by atoms with E-state index >= 15 is 0 Å². The predicted molar refractivity (Wildman–Crippen MR) is 58.5 cm³/mol. The Morgan fingerprint density at radius 2 is 1.79 bits per heavy atom. The minimum Gasteiger partial charge on any atom is -0.324 e. The minimum atomic E-state index is -0.596. The largest absolute Gasteiger partial charge is 0.324 e. The molecular weight excluding hydrogens is 275 g/mol. The molecule has 0 aliphatic rings. The third kappa shape index (κ3) is 2.90. The summed E-state index contributed by atoms with van der Waals surface area (Å²) in [5.41, 5.74) is 5.51. The Morgan fingerprint density at radius 3 is 2.14 bits per heavy atom. The van der Waals surface area contributed by atoms with E-state index in [0.717, 1.165) is 0 Å². The molecule has 0 heterocycles. The maximum Gasteiger partial charge on any atom is 0.132 e. The Morgan fingerprint density at radius 1 is 1.36 bits per heavy atom. The zero-order valence-corrected chi connectivity index (χ0v) is 9.96. The van der Waals surface area contributed by atoms with E-state index in [0.29, 0.717) is 10.9 Å². The summed E-state index contributed by atoms with van der Waals surface area (Å²) < 4.78 is 26.8. The fourth-order valence-electron chi connectivity index (χ4n) is 1.11. The molecule has 1 nitrogen and oxygen atoms in total. The Balaban J connectivity index is 0.00000169. The van der Waals surface area contributed by atoms with Crippen LogP contribution < -0.4 is 5.73 Å². The van der Waals surface area contributed by atoms with E-state index in [4.69, 9.17) is 5.73 Å². The molecule has 0 spiro atoms. The van der Waals surface area contributed by atoms with E-state index in [1.807, 2.05) is 0 Å². The molecule has 0 unspecified atom stereocenters. The van der Waals surface area contributed by atoms with Gasteiger partial charge in [0.1, 0.15) is 11.6 Å². The van der Waals surface area contributed by atoms with Gasteiger partial charge in [0.05, 0.1) is 0 Å². The van der Waals surface area contributed by atoms with Crippen molar-refractivity contribution in [3.63, 3.8) is 0 Å². The van der Waals surface area contributed by atoms with E-state index in [2.05, 4.69) is 15.9 Å². The number of nitrogens with two attached hydrogens (primary N) is 1. The summed E-state index contributed by atoms with van der Waals surface area (Å²) in [6.07, 6.45) is 0.509. The van der Waals surface area contributed by atoms with Crippen molar-refractivity contribution < 1.29 is 8.78 Å². The van der Waals surface area contributed by atoms with Crippen molar-refractivity contribution in [3.05, 3.63) is 33.8 Å². The molecule has 0 aliphatic carbocycles. The predicted octanol–water partition coefficient (Wildman–Crippen LogP) is 3.56. The summed E-state index contributed by atoms with van der Waals surface area (Å²) in [7, 11) is 0. The SMILES string of the molecule is CC[C@@H](N)c1c(F)cc(Br)cc1F.Cl. The third-order valence-corrected chi connectivity index (χ3v) is 2.31. The Labute approximate surface area is 96.2 Å². The molecule has 0 saturated heterocycles. The van der Waals surface area contributed by atoms with Gasteiger partial charge in [-0.05, 0) is 18.6 Å². The Hall–Kier alpha value is -0.190. The van der Waals surface area contributed by atoms with Crippen molar-refractivity contribution >= 4 is 28.3 Å². The first kappa shape index (κ1) is 13.8. The lowest BCUT2D eigenvalue weighted by molar-refractivity contribution is 0.519. The van der Waals surface area contributed by atoms with Crippen molar-refractivity contribution in [1.29, 1.82) is 0 Å². The van der Waals surface area contributed by atoms with Crippen molar-refractivity contribution in [2.75, 3.05) is 0 Å². The lowest BCUT2D eigenvalue weighted by Gasteiger charge is -2.11. The summed E-state index contributed by atoms with van der Waals surface area (Å²) in [5, 5.41) is 0. The van der Waals surface area contributed by atoms with E-state index in [9.17, 15) is 8.78 Å². The van der Waals surface area contributed by atoms with Crippen LogP contribution in [0.4, 0.5) is 8.78 Å². The van der Waals surface area contributed by atoms with Crippen LogP contribution in [0.15, 0.2) is 16.6 Å². The quantitative estimate of drug-likeness (QED) is 0.884. The molecule has 14 heavy (non-hydrogen) atoms. The summed E-state index contributed by atoms with van der Waals surface area (Å²) in [4.78, 5) is 0. The zero-order valence-electron chi connectivity index (χ0n) is 7.56. The summed E-state index contributed by atoms with van der Waals surface area (Å²) in [6, 6.07) is 1.86. The van der Waals surface area contributed by atoms with Gasteiger partial charge in [0.15, 0.2) is 0 Å². The normalized spacial score (nSPS) is 12.1. The standard InChI is InChI=1S/C9H10BrF2N.ClH/c1-2-8(13)9-6(11)3-5(10)4-7(9)12;/h3-4,8H,2,13H2,1H3;1H/t8-;/m1./s1. The van der Waals surface area contributed by atoms with Crippen LogP contribution in [0.5, 0.6) is 0 Å². The average Bonchev–Trinajstić information content (AvgIpc) is 2.02. The van der Waals surface area contributed by atoms with Crippen LogP contribution in [0, 0.1) is 11.6 Å². The second-order valence-electron chi connectivity index (χ2n) is 2.80. The molecule has 0 fully saturated rings. The molecule has 80 valence electrons. The highest BCUT2D eigenvalue weighted by molar-refractivity contribution is 9.10. The van der Waals surface area contributed by atoms with Crippen LogP contribution in [0.3, 0.4) is 0 Å². The van der Waals surface area contributed by atoms with Gasteiger partial charge in [-0.1, -0.05) is 22.9 Å². The fraction of sp³-hybridized carbons (Fsp3) is 0.333. The van der Waals surface area contributed by atoms with Crippen LogP contribution in [0.2, 0.25) is 0 Å². The molecular formula is C9H11BrClF2N. The van der Waals surface area contributed by atoms with Crippen LogP contribution in [-0.4, -0.2) is 0 Å². The fourth-order valence-corrected chi connectivity index (χ4v) is 1.51. The summed E-state index contributed by atoms with van der Waals surface area (Å²) in [5.74, 6) is -1.19. The zero-order chi connectivity index (χ0) is 10.0. The van der Waals surface area contributed by atoms with Crippen molar-refractivity contribution in [2.24, 2.45) is 5.73 Å². The van der Waals surface area contributed by atoms with Crippen LogP contribution in [-0.2, 0) is 0 Å². The van der Waals surface area contributed by atoms with E-state index < -0.39 is 17.7 Å². The molecule has 1 atom stereocenters. The maximum absolute atomic E-state index is 13.2. The molecule has 5 heteroatoms. The molecule has 0 aliphatic heterocycles. The molecule has 1 rings (SSSR count). The van der Waals surface area contributed by atoms with Crippen LogP contribution >= 0.6 is 28.3 Å². The van der Waals surface area contributed by atoms with Crippen LogP contribution in [0.1, 0.15) is 24.9 Å². The second kappa shape index (κ2) is 5.63. The highest BCUT2D eigenvalue weighted by atomic mass is 79.9. The first-order valence-corrected chi connectivity index (χ1v) is 4.75. The van der Waals surface area contributed by atoms with E-state index in [-0.39, 0.29) is 18.0 Å². The average molecular weight is 287 g/mol. The highest BCUT2D eigenvalue weighted by Crippen LogP contribution is 2.24. The van der Waals surface area contributed by atoms with Gasteiger partial charge in [0.25, 0.3) is 0 Å². The second-order valence-corrected chi connectivity index (χ2v) is 3.71. The summed E-state index contributed by atoms with van der Waals surface area (Å²) >= 11 is 3.00. The van der Waals surface area contributed by atoms with Gasteiger partial charge in [-0.15, -0.1) is 12.4 Å². The highest BCUT2D eigenvalue weighted by Gasteiger charge is 2.15. The smallest absolute Gasteiger partial charge is 0.132 e. The minimum absolute atomic E-state index is 0. The number of benzene rings is 1. The van der Waals surface area contributed by atoms with Gasteiger partial charge < -0.3 is 5.73 Å². The van der Waals surface area contributed by atoms with Gasteiger partial charge in [-0.2, -0.15) is 0 Å². The monoisotopic (exact) mass is 285 g/mol. The van der Waals surface area contributed by atoms with E-state index in [1.165, 1.54) is 12.1 Å². The lowest BCUT2D eigenvalue weighted by Crippen LogP contribution is -2.13. The molecule has 2 N–H and O–H groups in total. The van der Waals surface area contributed by atoms with Gasteiger partial charge in [-0.3, -0.25) is 0 Å². The Bertz CT molecular complexity index is 297. The maximum atomic E-state index is 13.2. The first-order valence-electron chi connectivity index (χ1n) is 3.96. The van der Waals surface area contributed by atoms with Crippen molar-refractivity contribution in [2.45, 2.75) is 19.4 Å². The third-order valence-electron chi connectivity index (χ3n) is 1.85. The first-order chi connectivity index (χ1) is 6.06. The molecule has 1 aromatic rings. The molecule has 0 aromatic heterocycles. The van der Waals surface area contributed by atoms with Crippen molar-refractivity contribution in [1.82, 2.24) is 0 Å². The van der Waals surface area contributed by atoms with Crippen LogP contribution in [0.25, 0.3) is 0 Å². The molecule has 0 amide bonds. The molecule has 1 aromatic carbocycles. The van der Waals surface area contributed by atoms with Gasteiger partial charge >= 0.3 is 0 Å². The number of hydrogen-bond donors (Lipinski definition) is 1. The Kier molecular flexibility index (Phi) is 5.56. The van der Waals surface area contributed by atoms with Gasteiger partial charge in [-0.25, -0.2) is 8.78 Å². The number of rotatable bonds is 2. The molecule has 0 saturated carbocycles. The number of hydrogen-bond acceptors (Lipinski definition) is 1. The number of halogens is 4. The molecule has 0 radical (unpaired) electrons. The van der Waals surface area contributed by atoms with Crippen molar-refractivity contribution in [3.8, 4) is 0 Å². The summed E-state index contributed by atoms with van der Waals surface area (Å²) in [6.45, 7) is 1.78. The topological polar surface area (TPSA) is 26.0 Å². The lowest BCUT2D eigenvalue weighted by atomic mass is 10.0. The molecule has 0 bridgehead atoms. The van der Waals surface area contributed by atoms with Gasteiger partial charge in [0, 0.05) is 16.1 Å². The van der Waals surface area contributed by atoms with Gasteiger partial charge in [0.2, 0.25) is 0 Å².